The molecule has 0 amide bonds. The van der Waals surface area contributed by atoms with E-state index in [9.17, 15) is 9.59 Å². The van der Waals surface area contributed by atoms with Crippen molar-refractivity contribution in [2.24, 2.45) is 0 Å². The Bertz CT molecular complexity index is 731. The fraction of sp³-hybridized carbons (Fsp3) is 0.357. The molecule has 0 aliphatic carbocycles. The third kappa shape index (κ3) is 3.14. The summed E-state index contributed by atoms with van der Waals surface area (Å²) in [5.74, 6) is 0. The summed E-state index contributed by atoms with van der Waals surface area (Å²) < 4.78 is 3.17. The molecule has 2 rings (SSSR count). The average Bonchev–Trinajstić information content (AvgIpc) is 2.36. The van der Waals surface area contributed by atoms with Gasteiger partial charge in [0, 0.05) is 42.4 Å². The Hall–Kier alpha value is -2.37. The summed E-state index contributed by atoms with van der Waals surface area (Å²) in [6, 6.07) is 4.89. The van der Waals surface area contributed by atoms with Gasteiger partial charge < -0.3 is 10.3 Å². The van der Waals surface area contributed by atoms with Crippen LogP contribution in [0.1, 0.15) is 17.8 Å². The lowest BCUT2D eigenvalue weighted by Crippen LogP contribution is -2.27. The Labute approximate surface area is 116 Å². The summed E-state index contributed by atoms with van der Waals surface area (Å²) in [7, 11) is 0. The number of aromatic nitrogens is 3. The predicted molar refractivity (Wildman–Crippen MR) is 77.7 cm³/mol. The predicted octanol–water partition coefficient (Wildman–Crippen LogP) is 0.694. The van der Waals surface area contributed by atoms with Gasteiger partial charge in [0.1, 0.15) is 0 Å². The van der Waals surface area contributed by atoms with Gasteiger partial charge in [-0.25, -0.2) is 4.79 Å². The van der Waals surface area contributed by atoms with Crippen LogP contribution in [0.25, 0.3) is 0 Å². The summed E-state index contributed by atoms with van der Waals surface area (Å²) in [6.07, 6.45) is 2.28. The highest BCUT2D eigenvalue weighted by Crippen LogP contribution is 2.01. The van der Waals surface area contributed by atoms with Crippen molar-refractivity contribution in [3.63, 3.8) is 0 Å². The van der Waals surface area contributed by atoms with Gasteiger partial charge in [0.25, 0.3) is 5.56 Å². The van der Waals surface area contributed by atoms with Gasteiger partial charge in [0.05, 0.1) is 0 Å². The summed E-state index contributed by atoms with van der Waals surface area (Å²) >= 11 is 0. The third-order valence-corrected chi connectivity index (χ3v) is 3.13. The first-order valence-corrected chi connectivity index (χ1v) is 6.48. The standard InChI is InChI=1S/C14H18N4O2/c1-10-8-11(2)18(14(20)16-10)7-3-6-17-9-12(15)4-5-13(17)19/h4-5,8-9H,3,6-7,15H2,1-2H3. The van der Waals surface area contributed by atoms with Gasteiger partial charge in [-0.1, -0.05) is 0 Å². The minimum absolute atomic E-state index is 0.0923. The number of pyridine rings is 1. The molecule has 2 aromatic heterocycles. The van der Waals surface area contributed by atoms with E-state index in [-0.39, 0.29) is 11.2 Å². The number of nitrogen functional groups attached to an aromatic ring is 1. The van der Waals surface area contributed by atoms with E-state index in [0.717, 1.165) is 11.4 Å². The molecule has 0 aliphatic heterocycles. The van der Waals surface area contributed by atoms with Gasteiger partial charge in [0.2, 0.25) is 0 Å². The molecule has 0 saturated heterocycles. The zero-order chi connectivity index (χ0) is 14.7. The number of rotatable bonds is 4. The van der Waals surface area contributed by atoms with Crippen molar-refractivity contribution >= 4 is 5.69 Å². The molecular formula is C14H18N4O2. The second-order valence-electron chi connectivity index (χ2n) is 4.82. The fourth-order valence-electron chi connectivity index (χ4n) is 2.17. The molecule has 20 heavy (non-hydrogen) atoms. The van der Waals surface area contributed by atoms with Gasteiger partial charge in [-0.2, -0.15) is 4.98 Å². The smallest absolute Gasteiger partial charge is 0.347 e. The van der Waals surface area contributed by atoms with Crippen LogP contribution in [0.3, 0.4) is 0 Å². The highest BCUT2D eigenvalue weighted by atomic mass is 16.1. The van der Waals surface area contributed by atoms with Crippen LogP contribution in [0.4, 0.5) is 5.69 Å². The molecule has 2 N–H and O–H groups in total. The molecule has 0 aromatic carbocycles. The van der Waals surface area contributed by atoms with Gasteiger partial charge in [0.15, 0.2) is 0 Å². The van der Waals surface area contributed by atoms with Crippen LogP contribution in [0.5, 0.6) is 0 Å². The molecule has 0 radical (unpaired) electrons. The normalized spacial score (nSPS) is 10.7. The lowest BCUT2D eigenvalue weighted by molar-refractivity contribution is 0.528. The number of nitrogens with two attached hydrogens (primary N) is 1. The van der Waals surface area contributed by atoms with E-state index in [4.69, 9.17) is 5.73 Å². The molecule has 2 heterocycles. The van der Waals surface area contributed by atoms with E-state index in [2.05, 4.69) is 4.98 Å². The van der Waals surface area contributed by atoms with Crippen molar-refractivity contribution < 1.29 is 0 Å². The highest BCUT2D eigenvalue weighted by Gasteiger charge is 2.03. The Morgan fingerprint density at radius 2 is 1.95 bits per heavy atom. The SMILES string of the molecule is Cc1cc(C)n(CCCn2cc(N)ccc2=O)c(=O)n1. The van der Waals surface area contributed by atoms with E-state index < -0.39 is 0 Å². The molecule has 0 aliphatic rings. The van der Waals surface area contributed by atoms with Crippen molar-refractivity contribution in [3.05, 3.63) is 56.6 Å². The van der Waals surface area contributed by atoms with Crippen LogP contribution in [0.2, 0.25) is 0 Å². The quantitative estimate of drug-likeness (QED) is 0.889. The maximum atomic E-state index is 11.8. The Kier molecular flexibility index (Phi) is 4.02. The minimum atomic E-state index is -0.248. The number of nitrogens with zero attached hydrogens (tertiary/aromatic N) is 3. The maximum Gasteiger partial charge on any atom is 0.347 e. The Balaban J connectivity index is 2.09. The summed E-state index contributed by atoms with van der Waals surface area (Å²) in [5, 5.41) is 0. The number of hydrogen-bond acceptors (Lipinski definition) is 4. The number of anilines is 1. The topological polar surface area (TPSA) is 82.9 Å². The van der Waals surface area contributed by atoms with Gasteiger partial charge in [-0.05, 0) is 32.4 Å². The molecule has 0 atom stereocenters. The first-order valence-electron chi connectivity index (χ1n) is 6.48. The highest BCUT2D eigenvalue weighted by molar-refractivity contribution is 5.33. The van der Waals surface area contributed by atoms with Gasteiger partial charge in [-0.3, -0.25) is 9.36 Å². The molecule has 6 heteroatoms. The molecule has 0 spiro atoms. The number of aryl methyl sites for hydroxylation is 3. The molecule has 0 bridgehead atoms. The van der Waals surface area contributed by atoms with Crippen LogP contribution >= 0.6 is 0 Å². The van der Waals surface area contributed by atoms with Crippen molar-refractivity contribution in [2.75, 3.05) is 5.73 Å². The largest absolute Gasteiger partial charge is 0.398 e. The van der Waals surface area contributed by atoms with Crippen molar-refractivity contribution in [1.29, 1.82) is 0 Å². The lowest BCUT2D eigenvalue weighted by atomic mass is 10.3. The zero-order valence-electron chi connectivity index (χ0n) is 11.7. The van der Waals surface area contributed by atoms with E-state index in [0.29, 0.717) is 25.2 Å². The fourth-order valence-corrected chi connectivity index (χ4v) is 2.17. The lowest BCUT2D eigenvalue weighted by Gasteiger charge is -2.10. The van der Waals surface area contributed by atoms with Gasteiger partial charge in [-0.15, -0.1) is 0 Å². The first kappa shape index (κ1) is 14.0. The molecular weight excluding hydrogens is 256 g/mol. The molecule has 106 valence electrons. The molecule has 0 fully saturated rings. The molecule has 2 aromatic rings. The van der Waals surface area contributed by atoms with E-state index in [1.165, 1.54) is 6.07 Å². The molecule has 0 saturated carbocycles. The van der Waals surface area contributed by atoms with Crippen LogP contribution < -0.4 is 17.0 Å². The third-order valence-electron chi connectivity index (χ3n) is 3.13. The van der Waals surface area contributed by atoms with Gasteiger partial charge >= 0.3 is 5.69 Å². The zero-order valence-corrected chi connectivity index (χ0v) is 11.7. The second-order valence-corrected chi connectivity index (χ2v) is 4.82. The van der Waals surface area contributed by atoms with Crippen LogP contribution in [-0.2, 0) is 13.1 Å². The summed E-state index contributed by atoms with van der Waals surface area (Å²) in [5.41, 5.74) is 7.46. The molecule has 0 unspecified atom stereocenters. The minimum Gasteiger partial charge on any atom is -0.398 e. The average molecular weight is 274 g/mol. The van der Waals surface area contributed by atoms with Crippen LogP contribution in [0.15, 0.2) is 34.0 Å². The Morgan fingerprint density at radius 1 is 1.20 bits per heavy atom. The van der Waals surface area contributed by atoms with Crippen molar-refractivity contribution in [2.45, 2.75) is 33.4 Å². The van der Waals surface area contributed by atoms with Crippen LogP contribution in [-0.4, -0.2) is 14.1 Å². The maximum absolute atomic E-state index is 11.8. The summed E-state index contributed by atoms with van der Waals surface area (Å²) in [6.45, 7) is 4.72. The summed E-state index contributed by atoms with van der Waals surface area (Å²) in [4.78, 5) is 27.3. The number of hydrogen-bond donors (Lipinski definition) is 1. The Morgan fingerprint density at radius 3 is 2.65 bits per heavy atom. The monoisotopic (exact) mass is 274 g/mol. The molecule has 6 nitrogen and oxygen atoms in total. The van der Waals surface area contributed by atoms with E-state index in [1.807, 2.05) is 13.0 Å². The van der Waals surface area contributed by atoms with Crippen molar-refractivity contribution in [3.8, 4) is 0 Å². The first-order chi connectivity index (χ1) is 9.47. The van der Waals surface area contributed by atoms with E-state index >= 15 is 0 Å². The second kappa shape index (κ2) is 5.73. The van der Waals surface area contributed by atoms with Crippen molar-refractivity contribution in [1.82, 2.24) is 14.1 Å². The van der Waals surface area contributed by atoms with E-state index in [1.54, 1.807) is 28.3 Å². The van der Waals surface area contributed by atoms with Crippen LogP contribution in [0, 0.1) is 13.8 Å².